The topological polar surface area (TPSA) is 72.3 Å². The van der Waals surface area contributed by atoms with Gasteiger partial charge in [-0.25, -0.2) is 0 Å². The summed E-state index contributed by atoms with van der Waals surface area (Å²) in [7, 11) is 0. The first-order valence-corrected chi connectivity index (χ1v) is 9.99. The number of thioether (sulfide) groups is 1. The standard InChI is InChI=1S/C18H23N5O2S/c24-16-15(8-4-5-9-19-16)26-18-21-20-17(22-10-12-25-13-11-22)23(18)14-6-2-1-3-7-14/h1-3,6-7,15H,4-5,8-13H2,(H,19,24)/t15-/m0/s1. The summed E-state index contributed by atoms with van der Waals surface area (Å²) in [6.07, 6.45) is 2.95. The van der Waals surface area contributed by atoms with Crippen LogP contribution in [0.4, 0.5) is 5.95 Å². The maximum atomic E-state index is 12.4. The fourth-order valence-corrected chi connectivity index (χ4v) is 4.37. The summed E-state index contributed by atoms with van der Waals surface area (Å²) in [5.41, 5.74) is 1.01. The van der Waals surface area contributed by atoms with Crippen molar-refractivity contribution in [1.82, 2.24) is 20.1 Å². The van der Waals surface area contributed by atoms with Gasteiger partial charge in [0.15, 0.2) is 5.16 Å². The second-order valence-electron chi connectivity index (χ2n) is 6.45. The predicted octanol–water partition coefficient (Wildman–Crippen LogP) is 1.86. The molecule has 1 aromatic carbocycles. The van der Waals surface area contributed by atoms with Crippen LogP contribution < -0.4 is 10.2 Å². The van der Waals surface area contributed by atoms with E-state index >= 15 is 0 Å². The van der Waals surface area contributed by atoms with Crippen molar-refractivity contribution >= 4 is 23.6 Å². The van der Waals surface area contributed by atoms with Gasteiger partial charge in [0, 0.05) is 19.6 Å². The van der Waals surface area contributed by atoms with Gasteiger partial charge in [0.05, 0.1) is 24.2 Å². The Kier molecular flexibility index (Phi) is 5.40. The zero-order valence-electron chi connectivity index (χ0n) is 14.6. The number of para-hydroxylation sites is 1. The lowest BCUT2D eigenvalue weighted by Gasteiger charge is -2.28. The average molecular weight is 373 g/mol. The zero-order valence-corrected chi connectivity index (χ0v) is 15.5. The summed E-state index contributed by atoms with van der Waals surface area (Å²) in [6, 6.07) is 10.1. The third-order valence-electron chi connectivity index (χ3n) is 4.66. The minimum atomic E-state index is -0.123. The first-order chi connectivity index (χ1) is 12.8. The molecule has 0 spiro atoms. The van der Waals surface area contributed by atoms with Crippen LogP contribution in [0, 0.1) is 0 Å². The molecule has 1 N–H and O–H groups in total. The second-order valence-corrected chi connectivity index (χ2v) is 7.62. The van der Waals surface area contributed by atoms with Crippen LogP contribution in [0.2, 0.25) is 0 Å². The number of amides is 1. The molecule has 0 bridgehead atoms. The van der Waals surface area contributed by atoms with Crippen LogP contribution in [-0.4, -0.2) is 58.8 Å². The van der Waals surface area contributed by atoms with Gasteiger partial charge in [0.2, 0.25) is 11.9 Å². The number of hydrogen-bond donors (Lipinski definition) is 1. The molecule has 0 radical (unpaired) electrons. The van der Waals surface area contributed by atoms with E-state index in [1.165, 1.54) is 11.8 Å². The molecule has 2 aromatic rings. The maximum absolute atomic E-state index is 12.4. The number of aromatic nitrogens is 3. The fraction of sp³-hybridized carbons (Fsp3) is 0.500. The Morgan fingerprint density at radius 2 is 1.92 bits per heavy atom. The van der Waals surface area contributed by atoms with E-state index in [2.05, 4.69) is 25.0 Å². The monoisotopic (exact) mass is 373 g/mol. The number of morpholine rings is 1. The van der Waals surface area contributed by atoms with Gasteiger partial charge in [-0.3, -0.25) is 9.36 Å². The molecule has 2 saturated heterocycles. The van der Waals surface area contributed by atoms with E-state index in [-0.39, 0.29) is 11.2 Å². The number of nitrogens with one attached hydrogen (secondary N) is 1. The normalized spacial score (nSPS) is 21.3. The molecular weight excluding hydrogens is 350 g/mol. The third kappa shape index (κ3) is 3.71. The smallest absolute Gasteiger partial charge is 0.233 e. The minimum absolute atomic E-state index is 0.100. The van der Waals surface area contributed by atoms with Crippen molar-refractivity contribution in [2.24, 2.45) is 0 Å². The summed E-state index contributed by atoms with van der Waals surface area (Å²) in [5, 5.41) is 12.5. The molecular formula is C18H23N5O2S. The van der Waals surface area contributed by atoms with Gasteiger partial charge >= 0.3 is 0 Å². The molecule has 1 atom stereocenters. The molecule has 0 unspecified atom stereocenters. The Bertz CT molecular complexity index is 745. The molecule has 4 rings (SSSR count). The number of rotatable bonds is 4. The summed E-state index contributed by atoms with van der Waals surface area (Å²) in [4.78, 5) is 14.6. The van der Waals surface area contributed by atoms with Crippen molar-refractivity contribution in [3.8, 4) is 5.69 Å². The maximum Gasteiger partial charge on any atom is 0.233 e. The predicted molar refractivity (Wildman–Crippen MR) is 101 cm³/mol. The lowest BCUT2D eigenvalue weighted by Crippen LogP contribution is -2.38. The Balaban J connectivity index is 1.67. The highest BCUT2D eigenvalue weighted by molar-refractivity contribution is 8.00. The first-order valence-electron chi connectivity index (χ1n) is 9.11. The number of ether oxygens (including phenoxy) is 1. The minimum Gasteiger partial charge on any atom is -0.378 e. The first kappa shape index (κ1) is 17.4. The van der Waals surface area contributed by atoms with Crippen molar-refractivity contribution in [2.75, 3.05) is 37.7 Å². The van der Waals surface area contributed by atoms with Crippen LogP contribution in [-0.2, 0) is 9.53 Å². The van der Waals surface area contributed by atoms with E-state index in [1.807, 2.05) is 30.3 Å². The molecule has 2 aliphatic rings. The summed E-state index contributed by atoms with van der Waals surface area (Å²) < 4.78 is 7.53. The lowest BCUT2D eigenvalue weighted by atomic mass is 10.2. The number of anilines is 1. The largest absolute Gasteiger partial charge is 0.378 e. The average Bonchev–Trinajstić information content (AvgIpc) is 3.00. The molecule has 1 amide bonds. The second kappa shape index (κ2) is 8.09. The van der Waals surface area contributed by atoms with E-state index < -0.39 is 0 Å². The van der Waals surface area contributed by atoms with Gasteiger partial charge in [-0.2, -0.15) is 0 Å². The fourth-order valence-electron chi connectivity index (χ4n) is 3.26. The molecule has 0 saturated carbocycles. The zero-order chi connectivity index (χ0) is 17.8. The van der Waals surface area contributed by atoms with Crippen molar-refractivity contribution in [3.63, 3.8) is 0 Å². The Labute approximate surface area is 157 Å². The highest BCUT2D eigenvalue weighted by Crippen LogP contribution is 2.32. The molecule has 8 heteroatoms. The SMILES string of the molecule is O=C1NCCCC[C@@H]1Sc1nnc(N2CCOCC2)n1-c1ccccc1. The van der Waals surface area contributed by atoms with Crippen LogP contribution in [0.5, 0.6) is 0 Å². The highest BCUT2D eigenvalue weighted by Gasteiger charge is 2.27. The van der Waals surface area contributed by atoms with Crippen molar-refractivity contribution in [2.45, 2.75) is 29.7 Å². The van der Waals surface area contributed by atoms with Crippen molar-refractivity contribution < 1.29 is 9.53 Å². The summed E-state index contributed by atoms with van der Waals surface area (Å²) >= 11 is 1.51. The number of carbonyl (C=O) groups is 1. The molecule has 0 aliphatic carbocycles. The van der Waals surface area contributed by atoms with Crippen LogP contribution in [0.25, 0.3) is 5.69 Å². The molecule has 138 valence electrons. The van der Waals surface area contributed by atoms with Gasteiger partial charge in [-0.1, -0.05) is 36.4 Å². The quantitative estimate of drug-likeness (QED) is 0.882. The van der Waals surface area contributed by atoms with E-state index in [4.69, 9.17) is 4.74 Å². The summed E-state index contributed by atoms with van der Waals surface area (Å²) in [6.45, 7) is 3.73. The van der Waals surface area contributed by atoms with E-state index in [1.54, 1.807) is 0 Å². The van der Waals surface area contributed by atoms with Crippen LogP contribution in [0.1, 0.15) is 19.3 Å². The Morgan fingerprint density at radius 3 is 2.73 bits per heavy atom. The lowest BCUT2D eigenvalue weighted by molar-refractivity contribution is -0.120. The molecule has 2 aliphatic heterocycles. The highest BCUT2D eigenvalue weighted by atomic mass is 32.2. The number of benzene rings is 1. The van der Waals surface area contributed by atoms with Crippen LogP contribution in [0.15, 0.2) is 35.5 Å². The van der Waals surface area contributed by atoms with E-state index in [9.17, 15) is 4.79 Å². The summed E-state index contributed by atoms with van der Waals surface area (Å²) in [5.74, 6) is 0.916. The van der Waals surface area contributed by atoms with Crippen molar-refractivity contribution in [3.05, 3.63) is 30.3 Å². The Hall–Kier alpha value is -2.06. The molecule has 2 fully saturated rings. The van der Waals surface area contributed by atoms with Crippen molar-refractivity contribution in [1.29, 1.82) is 0 Å². The number of nitrogens with zero attached hydrogens (tertiary/aromatic N) is 4. The molecule has 7 nitrogen and oxygen atoms in total. The number of carbonyl (C=O) groups excluding carboxylic acids is 1. The van der Waals surface area contributed by atoms with Crippen LogP contribution >= 0.6 is 11.8 Å². The molecule has 1 aromatic heterocycles. The van der Waals surface area contributed by atoms with Gasteiger partial charge in [0.25, 0.3) is 0 Å². The van der Waals surface area contributed by atoms with Crippen LogP contribution in [0.3, 0.4) is 0 Å². The van der Waals surface area contributed by atoms with Gasteiger partial charge in [-0.05, 0) is 25.0 Å². The van der Waals surface area contributed by atoms with E-state index in [0.717, 1.165) is 55.7 Å². The Morgan fingerprint density at radius 1 is 1.12 bits per heavy atom. The van der Waals surface area contributed by atoms with Gasteiger partial charge < -0.3 is 15.0 Å². The molecule has 26 heavy (non-hydrogen) atoms. The molecule has 3 heterocycles. The van der Waals surface area contributed by atoms with Gasteiger partial charge in [0.1, 0.15) is 0 Å². The van der Waals surface area contributed by atoms with Gasteiger partial charge in [-0.15, -0.1) is 10.2 Å². The number of hydrogen-bond acceptors (Lipinski definition) is 6. The van der Waals surface area contributed by atoms with E-state index in [0.29, 0.717) is 13.2 Å². The third-order valence-corrected chi connectivity index (χ3v) is 5.87.